The molecule has 0 saturated heterocycles. The molecule has 144 valence electrons. The number of hydrogen-bond acceptors (Lipinski definition) is 2. The van der Waals surface area contributed by atoms with Crippen LogP contribution in [0.3, 0.4) is 0 Å². The summed E-state index contributed by atoms with van der Waals surface area (Å²) in [6.07, 6.45) is 1.68. The molecule has 0 amide bonds. The summed E-state index contributed by atoms with van der Waals surface area (Å²) in [6, 6.07) is 22.9. The van der Waals surface area contributed by atoms with Gasteiger partial charge in [-0.15, -0.1) is 12.4 Å². The number of nitrogens with one attached hydrogen (secondary N) is 1. The Morgan fingerprint density at radius 1 is 0.714 bits per heavy atom. The van der Waals surface area contributed by atoms with Gasteiger partial charge in [-0.25, -0.2) is 8.78 Å². The van der Waals surface area contributed by atoms with Gasteiger partial charge in [0.05, 0.1) is 11.9 Å². The van der Waals surface area contributed by atoms with Gasteiger partial charge < -0.3 is 5.32 Å². The minimum atomic E-state index is -0.267. The molecule has 0 aliphatic carbocycles. The molecule has 2 nitrogen and oxygen atoms in total. The van der Waals surface area contributed by atoms with E-state index in [9.17, 15) is 8.78 Å². The van der Waals surface area contributed by atoms with Crippen molar-refractivity contribution in [3.05, 3.63) is 107 Å². The number of amidine groups is 1. The zero-order valence-electron chi connectivity index (χ0n) is 15.2. The molecule has 0 spiro atoms. The molecule has 3 aromatic rings. The third-order valence-electron chi connectivity index (χ3n) is 4.87. The Labute approximate surface area is 169 Å². The maximum Gasteiger partial charge on any atom is 0.123 e. The van der Waals surface area contributed by atoms with E-state index in [4.69, 9.17) is 4.99 Å². The third kappa shape index (κ3) is 4.57. The van der Waals surface area contributed by atoms with E-state index in [1.165, 1.54) is 29.8 Å². The Kier molecular flexibility index (Phi) is 6.42. The monoisotopic (exact) mass is 398 g/mol. The minimum Gasteiger partial charge on any atom is -0.364 e. The van der Waals surface area contributed by atoms with E-state index in [1.807, 2.05) is 18.2 Å². The smallest absolute Gasteiger partial charge is 0.123 e. The first kappa shape index (κ1) is 20.0. The van der Waals surface area contributed by atoms with E-state index in [-0.39, 0.29) is 36.1 Å². The van der Waals surface area contributed by atoms with E-state index in [0.29, 0.717) is 0 Å². The Balaban J connectivity index is 0.00000225. The molecule has 3 aromatic carbocycles. The van der Waals surface area contributed by atoms with Crippen molar-refractivity contribution < 1.29 is 8.78 Å². The van der Waals surface area contributed by atoms with Gasteiger partial charge in [0.25, 0.3) is 0 Å². The fourth-order valence-electron chi connectivity index (χ4n) is 3.44. The molecule has 2 unspecified atom stereocenters. The molecule has 0 bridgehead atoms. The lowest BCUT2D eigenvalue weighted by molar-refractivity contribution is 0.564. The highest BCUT2D eigenvalue weighted by Crippen LogP contribution is 2.36. The summed E-state index contributed by atoms with van der Waals surface area (Å²) < 4.78 is 26.7. The van der Waals surface area contributed by atoms with Gasteiger partial charge in [0.1, 0.15) is 17.7 Å². The summed E-state index contributed by atoms with van der Waals surface area (Å²) in [5.74, 6) is 0.388. The molecular weight excluding hydrogens is 378 g/mol. The summed E-state index contributed by atoms with van der Waals surface area (Å²) in [6.45, 7) is 0. The first-order valence-electron chi connectivity index (χ1n) is 9.07. The Morgan fingerprint density at radius 3 is 1.89 bits per heavy atom. The zero-order chi connectivity index (χ0) is 18.6. The molecule has 4 rings (SSSR count). The van der Waals surface area contributed by atoms with Gasteiger partial charge in [0.2, 0.25) is 0 Å². The second-order valence-corrected chi connectivity index (χ2v) is 6.73. The summed E-state index contributed by atoms with van der Waals surface area (Å²) in [7, 11) is 0. The fourth-order valence-corrected chi connectivity index (χ4v) is 3.44. The molecule has 0 saturated carbocycles. The molecule has 1 heterocycles. The highest BCUT2D eigenvalue weighted by molar-refractivity contribution is 5.85. The lowest BCUT2D eigenvalue weighted by Gasteiger charge is -2.19. The van der Waals surface area contributed by atoms with Crippen molar-refractivity contribution in [1.82, 2.24) is 5.32 Å². The molecule has 1 aliphatic rings. The van der Waals surface area contributed by atoms with Gasteiger partial charge in [0, 0.05) is 6.42 Å². The Bertz CT molecular complexity index is 925. The number of aliphatic imine (C=N–C) groups is 1. The normalized spacial score (nSPS) is 18.1. The van der Waals surface area contributed by atoms with Crippen LogP contribution in [-0.4, -0.2) is 5.84 Å². The van der Waals surface area contributed by atoms with Gasteiger partial charge in [-0.3, -0.25) is 4.99 Å². The van der Waals surface area contributed by atoms with Crippen LogP contribution in [0.4, 0.5) is 8.78 Å². The number of rotatable bonds is 5. The van der Waals surface area contributed by atoms with Crippen LogP contribution in [0.25, 0.3) is 0 Å². The van der Waals surface area contributed by atoms with E-state index in [1.54, 1.807) is 24.3 Å². The number of nitrogens with zero attached hydrogens (tertiary/aromatic N) is 1. The fraction of sp³-hybridized carbons (Fsp3) is 0.174. The summed E-state index contributed by atoms with van der Waals surface area (Å²) in [5.41, 5.74) is 3.16. The van der Waals surface area contributed by atoms with E-state index in [2.05, 4.69) is 17.4 Å². The maximum atomic E-state index is 13.3. The van der Waals surface area contributed by atoms with Crippen molar-refractivity contribution in [3.63, 3.8) is 0 Å². The van der Waals surface area contributed by atoms with Crippen LogP contribution in [0.5, 0.6) is 0 Å². The number of halogens is 3. The molecule has 1 N–H and O–H groups in total. The maximum absolute atomic E-state index is 13.3. The van der Waals surface area contributed by atoms with Crippen LogP contribution < -0.4 is 5.32 Å². The Hall–Kier alpha value is -2.72. The average molecular weight is 399 g/mol. The van der Waals surface area contributed by atoms with Crippen molar-refractivity contribution in [1.29, 1.82) is 0 Å². The summed E-state index contributed by atoms with van der Waals surface area (Å²) in [4.78, 5) is 4.87. The van der Waals surface area contributed by atoms with Crippen molar-refractivity contribution in [2.75, 3.05) is 0 Å². The van der Waals surface area contributed by atoms with E-state index in [0.717, 1.165) is 29.8 Å². The minimum absolute atomic E-state index is 0. The lowest BCUT2D eigenvalue weighted by atomic mass is 9.95. The van der Waals surface area contributed by atoms with Crippen LogP contribution >= 0.6 is 12.4 Å². The van der Waals surface area contributed by atoms with Crippen LogP contribution in [-0.2, 0) is 6.42 Å². The molecule has 0 fully saturated rings. The zero-order valence-corrected chi connectivity index (χ0v) is 16.0. The quantitative estimate of drug-likeness (QED) is 0.576. The molecule has 5 heteroatoms. The SMILES string of the molecule is Cl.Fc1ccc(C2N=C(CCc3ccccc3)NC2c2ccc(F)cc2)cc1. The van der Waals surface area contributed by atoms with Crippen molar-refractivity contribution in [2.24, 2.45) is 4.99 Å². The number of hydrogen-bond donors (Lipinski definition) is 1. The molecule has 0 aromatic heterocycles. The summed E-state index contributed by atoms with van der Waals surface area (Å²) >= 11 is 0. The first-order valence-corrected chi connectivity index (χ1v) is 9.07. The first-order chi connectivity index (χ1) is 13.2. The van der Waals surface area contributed by atoms with Crippen LogP contribution in [0.1, 0.15) is 35.2 Å². The van der Waals surface area contributed by atoms with E-state index >= 15 is 0 Å². The average Bonchev–Trinajstić information content (AvgIpc) is 3.13. The topological polar surface area (TPSA) is 24.4 Å². The molecule has 2 atom stereocenters. The van der Waals surface area contributed by atoms with Gasteiger partial charge in [-0.05, 0) is 47.4 Å². The van der Waals surface area contributed by atoms with Gasteiger partial charge in [-0.2, -0.15) is 0 Å². The molecule has 0 radical (unpaired) electrons. The van der Waals surface area contributed by atoms with Crippen LogP contribution in [0.2, 0.25) is 0 Å². The van der Waals surface area contributed by atoms with Gasteiger partial charge in [-0.1, -0.05) is 54.6 Å². The molecule has 28 heavy (non-hydrogen) atoms. The van der Waals surface area contributed by atoms with Crippen molar-refractivity contribution in [2.45, 2.75) is 24.9 Å². The second-order valence-electron chi connectivity index (χ2n) is 6.73. The second kappa shape index (κ2) is 8.98. The number of benzene rings is 3. The predicted molar refractivity (Wildman–Crippen MR) is 111 cm³/mol. The largest absolute Gasteiger partial charge is 0.364 e. The van der Waals surface area contributed by atoms with E-state index < -0.39 is 0 Å². The lowest BCUT2D eigenvalue weighted by Crippen LogP contribution is -2.24. The van der Waals surface area contributed by atoms with Crippen molar-refractivity contribution in [3.8, 4) is 0 Å². The molecule has 1 aliphatic heterocycles. The summed E-state index contributed by atoms with van der Waals surface area (Å²) in [5, 5.41) is 3.49. The number of aryl methyl sites for hydroxylation is 1. The third-order valence-corrected chi connectivity index (χ3v) is 4.87. The van der Waals surface area contributed by atoms with Gasteiger partial charge >= 0.3 is 0 Å². The van der Waals surface area contributed by atoms with Gasteiger partial charge in [0.15, 0.2) is 0 Å². The Morgan fingerprint density at radius 2 is 1.29 bits per heavy atom. The highest BCUT2D eigenvalue weighted by Gasteiger charge is 2.31. The standard InChI is InChI=1S/C23H20F2N2.ClH/c24-19-11-7-17(8-12-19)22-23(18-9-13-20(25)14-10-18)27-21(26-22)15-6-16-4-2-1-3-5-16;/h1-5,7-14,22-23H,6,15H2,(H,26,27);1H. The highest BCUT2D eigenvalue weighted by atomic mass is 35.5. The molecular formula is C23H21ClF2N2. The van der Waals surface area contributed by atoms with Crippen molar-refractivity contribution >= 4 is 18.2 Å². The predicted octanol–water partition coefficient (Wildman–Crippen LogP) is 5.80. The van der Waals surface area contributed by atoms with Crippen LogP contribution in [0.15, 0.2) is 83.9 Å². The van der Waals surface area contributed by atoms with Crippen LogP contribution in [0, 0.1) is 11.6 Å².